The van der Waals surface area contributed by atoms with Gasteiger partial charge in [0.05, 0.1) is 0 Å². The number of imidazole rings is 1. The van der Waals surface area contributed by atoms with Gasteiger partial charge in [0.1, 0.15) is 5.82 Å². The van der Waals surface area contributed by atoms with E-state index in [2.05, 4.69) is 47.8 Å². The number of aryl methyl sites for hydroxylation is 1. The van der Waals surface area contributed by atoms with Gasteiger partial charge in [-0.25, -0.2) is 4.98 Å². The van der Waals surface area contributed by atoms with Crippen molar-refractivity contribution < 1.29 is 0 Å². The first kappa shape index (κ1) is 14.1. The third-order valence-electron chi connectivity index (χ3n) is 3.07. The number of hydrogen-bond acceptors (Lipinski definition) is 2. The van der Waals surface area contributed by atoms with Crippen molar-refractivity contribution in [2.45, 2.75) is 39.9 Å². The Bertz CT molecular complexity index is 546. The summed E-state index contributed by atoms with van der Waals surface area (Å²) in [5.74, 6) is 0.966. The summed E-state index contributed by atoms with van der Waals surface area (Å²) in [6, 6.07) is 6.60. The Hall–Kier alpha value is -1.32. The number of benzene rings is 1. The quantitative estimate of drug-likeness (QED) is 0.903. The Morgan fingerprint density at radius 1 is 1.37 bits per heavy atom. The van der Waals surface area contributed by atoms with Crippen LogP contribution < -0.4 is 5.32 Å². The predicted octanol–water partition coefficient (Wildman–Crippen LogP) is 3.72. The maximum atomic E-state index is 6.35. The largest absolute Gasteiger partial charge is 0.331 e. The number of nitrogens with one attached hydrogen (secondary N) is 1. The van der Waals surface area contributed by atoms with Gasteiger partial charge < -0.3 is 9.88 Å². The van der Waals surface area contributed by atoms with Crippen LogP contribution in [0.4, 0.5) is 0 Å². The molecule has 1 N–H and O–H groups in total. The fourth-order valence-corrected chi connectivity index (χ4v) is 2.22. The summed E-state index contributed by atoms with van der Waals surface area (Å²) in [5, 5.41) is 4.16. The van der Waals surface area contributed by atoms with Gasteiger partial charge >= 0.3 is 0 Å². The molecule has 2 aromatic rings. The van der Waals surface area contributed by atoms with E-state index in [0.29, 0.717) is 6.04 Å². The maximum absolute atomic E-state index is 6.35. The lowest BCUT2D eigenvalue weighted by Gasteiger charge is -2.11. The van der Waals surface area contributed by atoms with E-state index >= 15 is 0 Å². The van der Waals surface area contributed by atoms with Gasteiger partial charge in [0, 0.05) is 42.1 Å². The average Bonchev–Trinajstić information content (AvgIpc) is 2.85. The SMILES string of the molecule is CCn1ccnc1-c1ccc(CNC(C)C)c(Cl)c1. The van der Waals surface area contributed by atoms with Gasteiger partial charge in [-0.2, -0.15) is 0 Å². The molecule has 0 fully saturated rings. The molecule has 0 amide bonds. The van der Waals surface area contributed by atoms with Crippen LogP contribution in [0.1, 0.15) is 26.3 Å². The van der Waals surface area contributed by atoms with Crippen molar-refractivity contribution in [1.82, 2.24) is 14.9 Å². The van der Waals surface area contributed by atoms with Crippen LogP contribution in [0.5, 0.6) is 0 Å². The first-order valence-electron chi connectivity index (χ1n) is 6.65. The highest BCUT2D eigenvalue weighted by molar-refractivity contribution is 6.31. The molecule has 0 bridgehead atoms. The molecule has 3 nitrogen and oxygen atoms in total. The highest BCUT2D eigenvalue weighted by atomic mass is 35.5. The molecule has 0 unspecified atom stereocenters. The van der Waals surface area contributed by atoms with Crippen LogP contribution in [0.3, 0.4) is 0 Å². The lowest BCUT2D eigenvalue weighted by atomic mass is 10.1. The zero-order valence-corrected chi connectivity index (χ0v) is 12.4. The fraction of sp³-hybridized carbons (Fsp3) is 0.400. The molecule has 1 heterocycles. The number of halogens is 1. The molecule has 19 heavy (non-hydrogen) atoms. The monoisotopic (exact) mass is 277 g/mol. The van der Waals surface area contributed by atoms with E-state index in [0.717, 1.165) is 35.1 Å². The lowest BCUT2D eigenvalue weighted by Crippen LogP contribution is -2.21. The molecule has 0 aliphatic heterocycles. The maximum Gasteiger partial charge on any atom is 0.139 e. The van der Waals surface area contributed by atoms with Crippen molar-refractivity contribution in [1.29, 1.82) is 0 Å². The fourth-order valence-electron chi connectivity index (χ4n) is 1.97. The summed E-state index contributed by atoms with van der Waals surface area (Å²) in [6.45, 7) is 8.05. The second-order valence-electron chi connectivity index (χ2n) is 4.88. The number of nitrogens with zero attached hydrogens (tertiary/aromatic N) is 2. The highest BCUT2D eigenvalue weighted by Gasteiger charge is 2.08. The number of aromatic nitrogens is 2. The van der Waals surface area contributed by atoms with E-state index in [-0.39, 0.29) is 0 Å². The molecule has 0 radical (unpaired) electrons. The first-order chi connectivity index (χ1) is 9.11. The Morgan fingerprint density at radius 2 is 2.16 bits per heavy atom. The second kappa shape index (κ2) is 6.22. The number of hydrogen-bond donors (Lipinski definition) is 1. The van der Waals surface area contributed by atoms with Crippen molar-refractivity contribution in [3.05, 3.63) is 41.2 Å². The van der Waals surface area contributed by atoms with Crippen LogP contribution in [-0.4, -0.2) is 15.6 Å². The molecule has 0 saturated heterocycles. The Balaban J connectivity index is 2.23. The molecule has 0 spiro atoms. The summed E-state index contributed by atoms with van der Waals surface area (Å²) in [5.41, 5.74) is 2.18. The summed E-state index contributed by atoms with van der Waals surface area (Å²) < 4.78 is 2.11. The minimum Gasteiger partial charge on any atom is -0.331 e. The molecule has 1 aromatic carbocycles. The van der Waals surface area contributed by atoms with Gasteiger partial charge in [0.25, 0.3) is 0 Å². The van der Waals surface area contributed by atoms with Crippen LogP contribution in [0.15, 0.2) is 30.6 Å². The van der Waals surface area contributed by atoms with Gasteiger partial charge in [0.2, 0.25) is 0 Å². The molecular formula is C15H20ClN3. The molecule has 0 saturated carbocycles. The van der Waals surface area contributed by atoms with E-state index in [9.17, 15) is 0 Å². The van der Waals surface area contributed by atoms with Crippen molar-refractivity contribution in [3.8, 4) is 11.4 Å². The zero-order valence-electron chi connectivity index (χ0n) is 11.7. The van der Waals surface area contributed by atoms with Gasteiger partial charge in [0.15, 0.2) is 0 Å². The summed E-state index contributed by atoms with van der Waals surface area (Å²) in [4.78, 5) is 4.39. The third-order valence-corrected chi connectivity index (χ3v) is 3.42. The summed E-state index contributed by atoms with van der Waals surface area (Å²) in [6.07, 6.45) is 3.80. The van der Waals surface area contributed by atoms with E-state index in [1.54, 1.807) is 0 Å². The van der Waals surface area contributed by atoms with Crippen LogP contribution >= 0.6 is 11.6 Å². The first-order valence-corrected chi connectivity index (χ1v) is 7.03. The standard InChI is InChI=1S/C15H20ClN3/c1-4-19-8-7-17-15(19)12-5-6-13(14(16)9-12)10-18-11(2)3/h5-9,11,18H,4,10H2,1-3H3. The third kappa shape index (κ3) is 3.37. The van der Waals surface area contributed by atoms with Crippen LogP contribution in [0.2, 0.25) is 5.02 Å². The normalized spacial score (nSPS) is 11.2. The summed E-state index contributed by atoms with van der Waals surface area (Å²) >= 11 is 6.35. The molecular weight excluding hydrogens is 258 g/mol. The van der Waals surface area contributed by atoms with Gasteiger partial charge in [-0.15, -0.1) is 0 Å². The topological polar surface area (TPSA) is 29.9 Å². The smallest absolute Gasteiger partial charge is 0.139 e. The molecule has 0 aliphatic rings. The second-order valence-corrected chi connectivity index (χ2v) is 5.29. The zero-order chi connectivity index (χ0) is 13.8. The molecule has 0 atom stereocenters. The van der Waals surface area contributed by atoms with E-state index in [1.165, 1.54) is 0 Å². The summed E-state index contributed by atoms with van der Waals surface area (Å²) in [7, 11) is 0. The minimum absolute atomic E-state index is 0.453. The van der Waals surface area contributed by atoms with Crippen molar-refractivity contribution in [2.24, 2.45) is 0 Å². The van der Waals surface area contributed by atoms with Crippen molar-refractivity contribution in [3.63, 3.8) is 0 Å². The van der Waals surface area contributed by atoms with Crippen molar-refractivity contribution in [2.75, 3.05) is 0 Å². The average molecular weight is 278 g/mol. The number of rotatable bonds is 5. The predicted molar refractivity (Wildman–Crippen MR) is 80.3 cm³/mol. The highest BCUT2D eigenvalue weighted by Crippen LogP contribution is 2.24. The Kier molecular flexibility index (Phi) is 4.61. The van der Waals surface area contributed by atoms with E-state index in [1.807, 2.05) is 18.5 Å². The van der Waals surface area contributed by atoms with E-state index in [4.69, 9.17) is 11.6 Å². The molecule has 4 heteroatoms. The van der Waals surface area contributed by atoms with Gasteiger partial charge in [-0.05, 0) is 18.6 Å². The lowest BCUT2D eigenvalue weighted by molar-refractivity contribution is 0.589. The van der Waals surface area contributed by atoms with Crippen molar-refractivity contribution >= 4 is 11.6 Å². The van der Waals surface area contributed by atoms with Crippen LogP contribution in [-0.2, 0) is 13.1 Å². The van der Waals surface area contributed by atoms with Gasteiger partial charge in [-0.3, -0.25) is 0 Å². The molecule has 2 rings (SSSR count). The minimum atomic E-state index is 0.453. The van der Waals surface area contributed by atoms with Crippen LogP contribution in [0.25, 0.3) is 11.4 Å². The molecule has 1 aromatic heterocycles. The molecule has 0 aliphatic carbocycles. The Labute approximate surface area is 119 Å². The van der Waals surface area contributed by atoms with E-state index < -0.39 is 0 Å². The van der Waals surface area contributed by atoms with Crippen LogP contribution in [0, 0.1) is 0 Å². The van der Waals surface area contributed by atoms with Gasteiger partial charge in [-0.1, -0.05) is 37.6 Å². The molecule has 102 valence electrons. The Morgan fingerprint density at radius 3 is 2.79 bits per heavy atom.